The molecule has 1 amide bonds. The molecule has 0 fully saturated rings. The normalized spacial score (nSPS) is 11.3. The van der Waals surface area contributed by atoms with Crippen molar-refractivity contribution in [2.45, 2.75) is 26.2 Å². The van der Waals surface area contributed by atoms with Crippen molar-refractivity contribution in [2.75, 3.05) is 26.0 Å². The number of aromatic nitrogens is 2. The SMILES string of the molecule is CC(C)c1c(C(=O)Nc2ccc(CCN(C)C)cc2)cnn1-c1cccc(Cl)c1. The summed E-state index contributed by atoms with van der Waals surface area (Å²) in [5.74, 6) is -0.0475. The van der Waals surface area contributed by atoms with E-state index >= 15 is 0 Å². The number of carbonyl (C=O) groups is 1. The molecule has 2 aromatic carbocycles. The second kappa shape index (κ2) is 9.25. The van der Waals surface area contributed by atoms with Gasteiger partial charge in [0, 0.05) is 17.3 Å². The molecule has 0 aliphatic rings. The number of nitrogens with one attached hydrogen (secondary N) is 1. The van der Waals surface area contributed by atoms with Crippen molar-refractivity contribution in [1.29, 1.82) is 0 Å². The van der Waals surface area contributed by atoms with Gasteiger partial charge in [-0.15, -0.1) is 0 Å². The highest BCUT2D eigenvalue weighted by Gasteiger charge is 2.21. The summed E-state index contributed by atoms with van der Waals surface area (Å²) >= 11 is 6.13. The van der Waals surface area contributed by atoms with Crippen molar-refractivity contribution in [1.82, 2.24) is 14.7 Å². The Morgan fingerprint density at radius 1 is 1.17 bits per heavy atom. The van der Waals surface area contributed by atoms with Crippen LogP contribution in [0.15, 0.2) is 54.7 Å². The Kier molecular flexibility index (Phi) is 6.72. The van der Waals surface area contributed by atoms with Gasteiger partial charge in [0.15, 0.2) is 0 Å². The number of amides is 1. The zero-order chi connectivity index (χ0) is 21.0. The fraction of sp³-hybridized carbons (Fsp3) is 0.304. The molecule has 0 aliphatic carbocycles. The van der Waals surface area contributed by atoms with E-state index in [9.17, 15) is 4.79 Å². The molecule has 0 saturated heterocycles. The lowest BCUT2D eigenvalue weighted by Crippen LogP contribution is -2.16. The van der Waals surface area contributed by atoms with Crippen molar-refractivity contribution < 1.29 is 4.79 Å². The molecule has 3 aromatic rings. The molecule has 5 nitrogen and oxygen atoms in total. The van der Waals surface area contributed by atoms with E-state index in [0.29, 0.717) is 10.6 Å². The van der Waals surface area contributed by atoms with Crippen LogP contribution in [0.1, 0.15) is 41.4 Å². The third-order valence-electron chi connectivity index (χ3n) is 4.71. The van der Waals surface area contributed by atoms with Crippen LogP contribution in [0.5, 0.6) is 0 Å². The lowest BCUT2D eigenvalue weighted by atomic mass is 10.0. The van der Waals surface area contributed by atoms with E-state index in [2.05, 4.69) is 41.5 Å². The van der Waals surface area contributed by atoms with Gasteiger partial charge in [-0.1, -0.05) is 43.6 Å². The smallest absolute Gasteiger partial charge is 0.259 e. The van der Waals surface area contributed by atoms with Crippen LogP contribution in [0.4, 0.5) is 5.69 Å². The predicted molar refractivity (Wildman–Crippen MR) is 119 cm³/mol. The van der Waals surface area contributed by atoms with Crippen LogP contribution in [0.25, 0.3) is 5.69 Å². The summed E-state index contributed by atoms with van der Waals surface area (Å²) in [6.07, 6.45) is 2.60. The average Bonchev–Trinajstić information content (AvgIpc) is 3.13. The van der Waals surface area contributed by atoms with Gasteiger partial charge < -0.3 is 10.2 Å². The first-order valence-electron chi connectivity index (χ1n) is 9.74. The number of benzene rings is 2. The summed E-state index contributed by atoms with van der Waals surface area (Å²) in [7, 11) is 4.12. The first-order valence-corrected chi connectivity index (χ1v) is 10.1. The van der Waals surface area contributed by atoms with Crippen LogP contribution in [-0.2, 0) is 6.42 Å². The predicted octanol–water partition coefficient (Wildman–Crippen LogP) is 5.01. The molecule has 152 valence electrons. The van der Waals surface area contributed by atoms with E-state index in [1.54, 1.807) is 10.9 Å². The number of carbonyl (C=O) groups excluding carboxylic acids is 1. The third-order valence-corrected chi connectivity index (χ3v) is 4.95. The maximum atomic E-state index is 13.0. The number of halogens is 1. The molecule has 0 spiro atoms. The largest absolute Gasteiger partial charge is 0.322 e. The topological polar surface area (TPSA) is 50.2 Å². The Labute approximate surface area is 177 Å². The fourth-order valence-electron chi connectivity index (χ4n) is 3.21. The maximum Gasteiger partial charge on any atom is 0.259 e. The van der Waals surface area contributed by atoms with Crippen molar-refractivity contribution in [3.63, 3.8) is 0 Å². The zero-order valence-electron chi connectivity index (χ0n) is 17.3. The Morgan fingerprint density at radius 2 is 1.90 bits per heavy atom. The minimum absolute atomic E-state index is 0.116. The summed E-state index contributed by atoms with van der Waals surface area (Å²) in [5.41, 5.74) is 4.27. The molecular formula is C23H27ClN4O. The van der Waals surface area contributed by atoms with Crippen molar-refractivity contribution in [3.05, 3.63) is 76.6 Å². The van der Waals surface area contributed by atoms with Gasteiger partial charge in [0.1, 0.15) is 0 Å². The molecule has 0 atom stereocenters. The molecule has 0 unspecified atom stereocenters. The van der Waals surface area contributed by atoms with Crippen LogP contribution in [-0.4, -0.2) is 41.2 Å². The number of rotatable bonds is 7. The van der Waals surface area contributed by atoms with Crippen molar-refractivity contribution >= 4 is 23.2 Å². The van der Waals surface area contributed by atoms with Gasteiger partial charge in [-0.05, 0) is 62.3 Å². The van der Waals surface area contributed by atoms with E-state index in [1.807, 2.05) is 50.2 Å². The van der Waals surface area contributed by atoms with Gasteiger partial charge in [0.25, 0.3) is 5.91 Å². The minimum Gasteiger partial charge on any atom is -0.322 e. The van der Waals surface area contributed by atoms with Gasteiger partial charge >= 0.3 is 0 Å². The molecule has 6 heteroatoms. The van der Waals surface area contributed by atoms with Gasteiger partial charge in [0.05, 0.1) is 23.1 Å². The van der Waals surface area contributed by atoms with Gasteiger partial charge in [-0.2, -0.15) is 5.10 Å². The zero-order valence-corrected chi connectivity index (χ0v) is 18.1. The fourth-order valence-corrected chi connectivity index (χ4v) is 3.39. The average molecular weight is 411 g/mol. The molecule has 0 radical (unpaired) electrons. The molecule has 3 rings (SSSR count). The maximum absolute atomic E-state index is 13.0. The van der Waals surface area contributed by atoms with E-state index in [1.165, 1.54) is 5.56 Å². The van der Waals surface area contributed by atoms with Crippen LogP contribution < -0.4 is 5.32 Å². The Morgan fingerprint density at radius 3 is 2.52 bits per heavy atom. The minimum atomic E-state index is -0.164. The van der Waals surface area contributed by atoms with E-state index in [0.717, 1.165) is 30.0 Å². The van der Waals surface area contributed by atoms with E-state index in [-0.39, 0.29) is 11.8 Å². The van der Waals surface area contributed by atoms with Crippen molar-refractivity contribution in [3.8, 4) is 5.69 Å². The summed E-state index contributed by atoms with van der Waals surface area (Å²) in [6.45, 7) is 5.09. The molecule has 0 aliphatic heterocycles. The molecule has 29 heavy (non-hydrogen) atoms. The standard InChI is InChI=1S/C23H27ClN4O/c1-16(2)22-21(15-25-28(22)20-7-5-6-18(24)14-20)23(29)26-19-10-8-17(9-11-19)12-13-27(3)4/h5-11,14-16H,12-13H2,1-4H3,(H,26,29). The molecule has 0 bridgehead atoms. The Balaban J connectivity index is 1.81. The van der Waals surface area contributed by atoms with Crippen LogP contribution in [0.2, 0.25) is 5.02 Å². The Bertz CT molecular complexity index is 977. The van der Waals surface area contributed by atoms with E-state index < -0.39 is 0 Å². The number of anilines is 1. The van der Waals surface area contributed by atoms with Gasteiger partial charge in [0.2, 0.25) is 0 Å². The molecular weight excluding hydrogens is 384 g/mol. The first kappa shape index (κ1) is 21.1. The quantitative estimate of drug-likeness (QED) is 0.595. The lowest BCUT2D eigenvalue weighted by Gasteiger charge is -2.13. The highest BCUT2D eigenvalue weighted by atomic mass is 35.5. The molecule has 1 aromatic heterocycles. The highest BCUT2D eigenvalue weighted by molar-refractivity contribution is 6.30. The van der Waals surface area contributed by atoms with Crippen LogP contribution in [0.3, 0.4) is 0 Å². The van der Waals surface area contributed by atoms with Crippen molar-refractivity contribution in [2.24, 2.45) is 0 Å². The molecule has 0 saturated carbocycles. The molecule has 1 N–H and O–H groups in total. The Hall–Kier alpha value is -2.63. The summed E-state index contributed by atoms with van der Waals surface area (Å²) in [6, 6.07) is 15.5. The first-order chi connectivity index (χ1) is 13.8. The van der Waals surface area contributed by atoms with Crippen LogP contribution >= 0.6 is 11.6 Å². The highest BCUT2D eigenvalue weighted by Crippen LogP contribution is 2.25. The number of likely N-dealkylation sites (N-methyl/N-ethyl adjacent to an activating group) is 1. The summed E-state index contributed by atoms with van der Waals surface area (Å²) < 4.78 is 1.79. The van der Waals surface area contributed by atoms with E-state index in [4.69, 9.17) is 11.6 Å². The number of hydrogen-bond donors (Lipinski definition) is 1. The lowest BCUT2D eigenvalue weighted by molar-refractivity contribution is 0.102. The second-order valence-electron chi connectivity index (χ2n) is 7.69. The third kappa shape index (κ3) is 5.25. The summed E-state index contributed by atoms with van der Waals surface area (Å²) in [4.78, 5) is 15.1. The molecule has 1 heterocycles. The van der Waals surface area contributed by atoms with Crippen LogP contribution in [0, 0.1) is 0 Å². The monoisotopic (exact) mass is 410 g/mol. The van der Waals surface area contributed by atoms with Gasteiger partial charge in [-0.25, -0.2) is 4.68 Å². The van der Waals surface area contributed by atoms with Gasteiger partial charge in [-0.3, -0.25) is 4.79 Å². The number of nitrogens with zero attached hydrogens (tertiary/aromatic N) is 3. The second-order valence-corrected chi connectivity index (χ2v) is 8.13. The summed E-state index contributed by atoms with van der Waals surface area (Å²) in [5, 5.41) is 8.08. The number of hydrogen-bond acceptors (Lipinski definition) is 3.